The fraction of sp³-hybridized carbons (Fsp3) is 0.500. The van der Waals surface area contributed by atoms with E-state index in [1.165, 1.54) is 73.6 Å². The van der Waals surface area contributed by atoms with E-state index in [-0.39, 0.29) is 31.4 Å². The van der Waals surface area contributed by atoms with Crippen molar-refractivity contribution in [2.75, 3.05) is 0 Å². The number of hydrogen-bond acceptors (Lipinski definition) is 6. The third kappa shape index (κ3) is 14.4. The summed E-state index contributed by atoms with van der Waals surface area (Å²) in [4.78, 5) is 14.0. The summed E-state index contributed by atoms with van der Waals surface area (Å²) in [6.07, 6.45) is 7.02. The second-order valence-corrected chi connectivity index (χ2v) is 36.2. The largest absolute Gasteiger partial charge is 0.643 e. The van der Waals surface area contributed by atoms with Crippen LogP contribution in [0.15, 0.2) is 68.2 Å². The van der Waals surface area contributed by atoms with Crippen molar-refractivity contribution in [3.63, 3.8) is 0 Å². The summed E-state index contributed by atoms with van der Waals surface area (Å²) in [6, 6.07) is 18.1. The van der Waals surface area contributed by atoms with Crippen molar-refractivity contribution in [2.45, 2.75) is 153 Å². The van der Waals surface area contributed by atoms with Gasteiger partial charge in [-0.05, 0) is 178 Å². The fourth-order valence-electron chi connectivity index (χ4n) is 7.51. The van der Waals surface area contributed by atoms with E-state index in [2.05, 4.69) is 147 Å². The summed E-state index contributed by atoms with van der Waals surface area (Å²) < 4.78 is 2.44. The van der Waals surface area contributed by atoms with Crippen molar-refractivity contribution in [3.8, 4) is 39.0 Å². The Kier molecular flexibility index (Phi) is 18.7. The molecular formula is C48H58AlBr2Cl5S6. The molecule has 6 heterocycles. The summed E-state index contributed by atoms with van der Waals surface area (Å²) >= 11 is 29.3. The van der Waals surface area contributed by atoms with Crippen LogP contribution in [0.1, 0.15) is 142 Å². The zero-order chi connectivity index (χ0) is 46.2. The highest BCUT2D eigenvalue weighted by Gasteiger charge is 2.41. The lowest BCUT2D eigenvalue weighted by Gasteiger charge is -2.39. The number of fused-ring (bicyclic) bond motifs is 2. The van der Waals surface area contributed by atoms with Crippen molar-refractivity contribution < 1.29 is 0 Å². The molecule has 0 radical (unpaired) electrons. The Morgan fingerprint density at radius 1 is 0.516 bits per heavy atom. The van der Waals surface area contributed by atoms with Crippen molar-refractivity contribution in [1.29, 1.82) is 0 Å². The molecule has 0 amide bonds. The highest BCUT2D eigenvalue weighted by atomic mass is 79.9. The third-order valence-corrected chi connectivity index (χ3v) is 21.5. The van der Waals surface area contributed by atoms with Crippen LogP contribution in [0.25, 0.3) is 39.0 Å². The Morgan fingerprint density at radius 3 is 1.24 bits per heavy atom. The molecule has 0 bridgehead atoms. The zero-order valence-corrected chi connectivity index (χ0v) is 50.7. The van der Waals surface area contributed by atoms with Crippen molar-refractivity contribution >= 4 is 165 Å². The van der Waals surface area contributed by atoms with E-state index >= 15 is 0 Å². The van der Waals surface area contributed by atoms with Gasteiger partial charge in [0.05, 0.1) is 9.75 Å². The molecule has 338 valence electrons. The Morgan fingerprint density at radius 2 is 0.855 bits per heavy atom. The van der Waals surface area contributed by atoms with Crippen LogP contribution in [-0.4, -0.2) is 21.1 Å². The van der Waals surface area contributed by atoms with E-state index in [9.17, 15) is 0 Å². The molecule has 0 nitrogen and oxygen atoms in total. The first-order chi connectivity index (χ1) is 28.5. The maximum absolute atomic E-state index is 5.98. The van der Waals surface area contributed by atoms with Gasteiger partial charge in [0.2, 0.25) is 0 Å². The fourth-order valence-corrected chi connectivity index (χ4v) is 16.6. The molecule has 0 saturated heterocycles. The predicted octanol–water partition coefficient (Wildman–Crippen LogP) is 22.1. The first-order valence-electron chi connectivity index (χ1n) is 20.8. The van der Waals surface area contributed by atoms with Crippen molar-refractivity contribution in [1.82, 2.24) is 0 Å². The molecular weight excluding hydrogens is 1130 g/mol. The Bertz CT molecular complexity index is 2280. The number of alkyl halides is 2. The van der Waals surface area contributed by atoms with Gasteiger partial charge in [-0.1, -0.05) is 67.5 Å². The Balaban J connectivity index is 0.000000200. The van der Waals surface area contributed by atoms with Crippen molar-refractivity contribution in [2.24, 2.45) is 0 Å². The quantitative estimate of drug-likeness (QED) is 0.110. The van der Waals surface area contributed by atoms with Crippen LogP contribution in [0.5, 0.6) is 0 Å². The van der Waals surface area contributed by atoms with Gasteiger partial charge < -0.3 is 0 Å². The van der Waals surface area contributed by atoms with Crippen LogP contribution in [0.3, 0.4) is 0 Å². The van der Waals surface area contributed by atoms with Crippen molar-refractivity contribution in [3.05, 3.63) is 89.1 Å². The molecule has 0 N–H and O–H groups in total. The van der Waals surface area contributed by atoms with Gasteiger partial charge in [0.1, 0.15) is 0 Å². The Labute approximate surface area is 440 Å². The first kappa shape index (κ1) is 54.1. The number of halogens is 7. The van der Waals surface area contributed by atoms with Crippen LogP contribution >= 0.6 is 153 Å². The molecule has 14 heteroatoms. The van der Waals surface area contributed by atoms with Crippen LogP contribution in [0, 0.1) is 0 Å². The minimum atomic E-state index is -1.72. The maximum Gasteiger partial charge on any atom is 0.643 e. The van der Waals surface area contributed by atoms with Gasteiger partial charge >= 0.3 is 11.4 Å². The molecule has 6 aromatic heterocycles. The predicted molar refractivity (Wildman–Crippen MR) is 300 cm³/mol. The molecule has 0 atom stereocenters. The molecule has 0 unspecified atom stereocenters. The molecule has 0 spiro atoms. The molecule has 0 fully saturated rings. The molecule has 0 aliphatic heterocycles. The second kappa shape index (κ2) is 21.4. The Hall–Kier alpha value is 1.14. The molecule has 6 aromatic rings. The molecule has 0 saturated carbocycles. The van der Waals surface area contributed by atoms with E-state index in [4.69, 9.17) is 53.3 Å². The first-order valence-corrected chi connectivity index (χ1v) is 33.4. The average Bonchev–Trinajstić information content (AvgIpc) is 3.99. The minimum Gasteiger partial charge on any atom is -0.214 e. The SMILES string of the molecule is Brc1cc(-c2cccs2)sc1-c1cccs1.CC(C)(Cl)CCC(C)(C)Cl.CC1(C)CCC(C)(C)c2sc(-c3cc(Br)c(-c4cc5c(s4)C(C)(C)CCC5(C)C)s3)cc21.[Cl][Al]([Cl])[Cl]. The third-order valence-electron chi connectivity index (χ3n) is 11.6. The van der Waals surface area contributed by atoms with Gasteiger partial charge in [-0.15, -0.1) is 91.2 Å². The molecule has 62 heavy (non-hydrogen) atoms. The van der Waals surface area contributed by atoms with Crippen LogP contribution in [0.2, 0.25) is 0 Å². The number of hydrogen-bond donors (Lipinski definition) is 0. The van der Waals surface area contributed by atoms with Gasteiger partial charge in [0.25, 0.3) is 0 Å². The van der Waals surface area contributed by atoms with Crippen LogP contribution in [-0.2, 0) is 21.7 Å². The van der Waals surface area contributed by atoms with Crippen LogP contribution < -0.4 is 0 Å². The maximum atomic E-state index is 5.98. The summed E-state index contributed by atoms with van der Waals surface area (Å²) in [5.74, 6) is 0. The molecule has 8 rings (SSSR count). The van der Waals surface area contributed by atoms with Gasteiger partial charge in [0, 0.05) is 57.7 Å². The minimum absolute atomic E-state index is 0.105. The molecule has 2 aliphatic carbocycles. The van der Waals surface area contributed by atoms with E-state index in [0.717, 1.165) is 12.8 Å². The lowest BCUT2D eigenvalue weighted by Crippen LogP contribution is -2.31. The van der Waals surface area contributed by atoms with Gasteiger partial charge in [-0.3, -0.25) is 0 Å². The normalized spacial score (nSPS) is 17.0. The average molecular weight is 1190 g/mol. The smallest absolute Gasteiger partial charge is 0.214 e. The highest BCUT2D eigenvalue weighted by molar-refractivity contribution is 9.11. The molecule has 0 aromatic carbocycles. The summed E-state index contributed by atoms with van der Waals surface area (Å²) in [5, 5.41) is 4.24. The summed E-state index contributed by atoms with van der Waals surface area (Å²) in [5.41, 5.74) is 4.27. The van der Waals surface area contributed by atoms with Gasteiger partial charge in [-0.2, -0.15) is 0 Å². The summed E-state index contributed by atoms with van der Waals surface area (Å²) in [7, 11) is 14.8. The number of rotatable bonds is 7. The second-order valence-electron chi connectivity index (χ2n) is 20.0. The van der Waals surface area contributed by atoms with E-state index in [1.54, 1.807) is 43.6 Å². The monoisotopic (exact) mass is 1190 g/mol. The molecule has 2 aliphatic rings. The lowest BCUT2D eigenvalue weighted by molar-refractivity contribution is 0.339. The van der Waals surface area contributed by atoms with E-state index in [1.807, 2.05) is 73.0 Å². The van der Waals surface area contributed by atoms with E-state index in [0.29, 0.717) is 0 Å². The standard InChI is InChI=1S/C28H35BrS3.C12H7BrS3.C8H16Cl2.Al.3ClH/c1-25(2)9-11-27(5,6)23-16(25)13-19(31-23)20-15-18(29)22(30-20)21-14-17-24(32-21)28(7,8)12-10-26(17,3)4;13-8-7-11(9-3-1-5-14-9)16-12(8)10-4-2-6-15-10;1-7(2,9)5-6-8(3,4)10;;;;/h13-15H,9-12H2,1-8H3;1-7H;5-6H2,1-4H3;;3*1H/q;;;+3;;;/p-3. The summed E-state index contributed by atoms with van der Waals surface area (Å²) in [6.45, 7) is 27.4. The van der Waals surface area contributed by atoms with E-state index < -0.39 is 11.4 Å². The highest BCUT2D eigenvalue weighted by Crippen LogP contribution is 2.56. The topological polar surface area (TPSA) is 0 Å². The number of thiophene rings is 6. The lowest BCUT2D eigenvalue weighted by atomic mass is 9.67. The van der Waals surface area contributed by atoms with Gasteiger partial charge in [-0.25, -0.2) is 30.1 Å². The van der Waals surface area contributed by atoms with Crippen LogP contribution in [0.4, 0.5) is 0 Å². The zero-order valence-electron chi connectivity index (χ0n) is 37.7. The van der Waals surface area contributed by atoms with Gasteiger partial charge in [0.15, 0.2) is 0 Å².